The Morgan fingerprint density at radius 1 is 1.39 bits per heavy atom. The van der Waals surface area contributed by atoms with E-state index in [0.29, 0.717) is 5.13 Å². The molecule has 2 amide bonds. The first-order chi connectivity index (χ1) is 8.49. The Morgan fingerprint density at radius 2 is 2.11 bits per heavy atom. The van der Waals surface area contributed by atoms with Gasteiger partial charge in [-0.25, -0.2) is 14.6 Å². The fraction of sp³-hybridized carbons (Fsp3) is 0.333. The number of amides is 2. The molecule has 1 rings (SSSR count). The van der Waals surface area contributed by atoms with E-state index in [0.717, 1.165) is 0 Å². The van der Waals surface area contributed by atoms with E-state index in [-0.39, 0.29) is 12.8 Å². The lowest BCUT2D eigenvalue weighted by molar-refractivity contribution is -0.140. The molecule has 18 heavy (non-hydrogen) atoms. The number of nitrogens with zero attached hydrogens (tertiary/aromatic N) is 1. The Kier molecular flexibility index (Phi) is 5.06. The molecule has 0 fully saturated rings. The molecule has 8 nitrogen and oxygen atoms in total. The van der Waals surface area contributed by atoms with Crippen molar-refractivity contribution in [2.24, 2.45) is 0 Å². The number of carboxylic acid groups (broad SMARTS) is 2. The third kappa shape index (κ3) is 4.78. The summed E-state index contributed by atoms with van der Waals surface area (Å²) in [5.41, 5.74) is 0. The molecule has 1 aromatic rings. The summed E-state index contributed by atoms with van der Waals surface area (Å²) in [5, 5.41) is 23.8. The number of carbonyl (C=O) groups excluding carboxylic acids is 1. The fourth-order valence-electron chi connectivity index (χ4n) is 1.10. The summed E-state index contributed by atoms with van der Waals surface area (Å²) < 4.78 is 0. The van der Waals surface area contributed by atoms with Crippen LogP contribution in [0, 0.1) is 0 Å². The predicted molar refractivity (Wildman–Crippen MR) is 62.6 cm³/mol. The minimum Gasteiger partial charge on any atom is -0.481 e. The van der Waals surface area contributed by atoms with E-state index < -0.39 is 24.0 Å². The third-order valence-electron chi connectivity index (χ3n) is 1.90. The molecule has 0 aliphatic carbocycles. The van der Waals surface area contributed by atoms with Crippen LogP contribution in [-0.2, 0) is 9.59 Å². The van der Waals surface area contributed by atoms with E-state index in [9.17, 15) is 14.4 Å². The van der Waals surface area contributed by atoms with Crippen LogP contribution in [0.15, 0.2) is 11.6 Å². The Balaban J connectivity index is 2.47. The number of thiazole rings is 1. The van der Waals surface area contributed by atoms with Crippen molar-refractivity contribution in [2.45, 2.75) is 18.9 Å². The quantitative estimate of drug-likeness (QED) is 0.600. The van der Waals surface area contributed by atoms with E-state index in [4.69, 9.17) is 10.2 Å². The lowest BCUT2D eigenvalue weighted by Gasteiger charge is -2.13. The second kappa shape index (κ2) is 6.55. The van der Waals surface area contributed by atoms with E-state index in [1.807, 2.05) is 0 Å². The SMILES string of the molecule is O=C(O)CCC(NC(=O)Nc1nccs1)C(=O)O. The lowest BCUT2D eigenvalue weighted by atomic mass is 10.1. The van der Waals surface area contributed by atoms with Crippen LogP contribution in [0.2, 0.25) is 0 Å². The van der Waals surface area contributed by atoms with Gasteiger partial charge in [0.2, 0.25) is 0 Å². The largest absolute Gasteiger partial charge is 0.481 e. The van der Waals surface area contributed by atoms with Gasteiger partial charge in [0.1, 0.15) is 6.04 Å². The van der Waals surface area contributed by atoms with Gasteiger partial charge >= 0.3 is 18.0 Å². The first-order valence-electron chi connectivity index (χ1n) is 4.90. The highest BCUT2D eigenvalue weighted by atomic mass is 32.1. The number of aliphatic carboxylic acids is 2. The van der Waals surface area contributed by atoms with Gasteiger partial charge in [0, 0.05) is 18.0 Å². The highest BCUT2D eigenvalue weighted by molar-refractivity contribution is 7.13. The molecule has 0 saturated carbocycles. The van der Waals surface area contributed by atoms with Crippen LogP contribution in [0.3, 0.4) is 0 Å². The Bertz CT molecular complexity index is 433. The molecule has 0 aliphatic rings. The second-order valence-electron chi connectivity index (χ2n) is 3.26. The average molecular weight is 273 g/mol. The third-order valence-corrected chi connectivity index (χ3v) is 2.59. The summed E-state index contributed by atoms with van der Waals surface area (Å²) in [6.45, 7) is 0. The molecule has 0 spiro atoms. The van der Waals surface area contributed by atoms with Crippen LogP contribution < -0.4 is 10.6 Å². The van der Waals surface area contributed by atoms with Crippen molar-refractivity contribution in [2.75, 3.05) is 5.32 Å². The normalized spacial score (nSPS) is 11.6. The van der Waals surface area contributed by atoms with Crippen LogP contribution in [0.1, 0.15) is 12.8 Å². The van der Waals surface area contributed by atoms with E-state index >= 15 is 0 Å². The van der Waals surface area contributed by atoms with Crippen molar-refractivity contribution in [3.8, 4) is 0 Å². The molecular weight excluding hydrogens is 262 g/mol. The second-order valence-corrected chi connectivity index (χ2v) is 4.15. The number of rotatable bonds is 6. The summed E-state index contributed by atoms with van der Waals surface area (Å²) >= 11 is 1.18. The minimum atomic E-state index is -1.29. The number of carboxylic acids is 2. The van der Waals surface area contributed by atoms with Gasteiger partial charge in [0.15, 0.2) is 5.13 Å². The molecule has 1 aromatic heterocycles. The molecule has 0 aromatic carbocycles. The molecule has 0 saturated heterocycles. The van der Waals surface area contributed by atoms with Crippen molar-refractivity contribution >= 4 is 34.4 Å². The van der Waals surface area contributed by atoms with E-state index in [1.54, 1.807) is 5.38 Å². The Labute approximate surface area is 106 Å². The molecule has 1 unspecified atom stereocenters. The van der Waals surface area contributed by atoms with Crippen LogP contribution in [0.25, 0.3) is 0 Å². The van der Waals surface area contributed by atoms with Crippen molar-refractivity contribution in [3.63, 3.8) is 0 Å². The van der Waals surface area contributed by atoms with Gasteiger partial charge in [0.25, 0.3) is 0 Å². The number of hydrogen-bond donors (Lipinski definition) is 4. The highest BCUT2D eigenvalue weighted by Gasteiger charge is 2.21. The summed E-state index contributed by atoms with van der Waals surface area (Å²) in [5.74, 6) is -2.41. The lowest BCUT2D eigenvalue weighted by Crippen LogP contribution is -2.43. The zero-order valence-corrected chi connectivity index (χ0v) is 9.94. The van der Waals surface area contributed by atoms with Crippen molar-refractivity contribution in [1.82, 2.24) is 10.3 Å². The monoisotopic (exact) mass is 273 g/mol. The molecule has 0 bridgehead atoms. The number of nitrogens with one attached hydrogen (secondary N) is 2. The maximum atomic E-state index is 11.4. The summed E-state index contributed by atoms with van der Waals surface area (Å²) in [6.07, 6.45) is 0.962. The predicted octanol–water partition coefficient (Wildman–Crippen LogP) is 0.583. The van der Waals surface area contributed by atoms with Gasteiger partial charge in [0.05, 0.1) is 0 Å². The molecule has 0 aliphatic heterocycles. The van der Waals surface area contributed by atoms with E-state index in [1.165, 1.54) is 17.5 Å². The molecule has 1 heterocycles. The number of aromatic nitrogens is 1. The van der Waals surface area contributed by atoms with Gasteiger partial charge in [-0.1, -0.05) is 0 Å². The average Bonchev–Trinajstić information content (AvgIpc) is 2.76. The van der Waals surface area contributed by atoms with Gasteiger partial charge in [-0.15, -0.1) is 11.3 Å². The van der Waals surface area contributed by atoms with Gasteiger partial charge in [-0.05, 0) is 6.42 Å². The minimum absolute atomic E-state index is 0.185. The zero-order chi connectivity index (χ0) is 13.5. The van der Waals surface area contributed by atoms with Crippen molar-refractivity contribution in [3.05, 3.63) is 11.6 Å². The van der Waals surface area contributed by atoms with Crippen LogP contribution >= 0.6 is 11.3 Å². The molecule has 9 heteroatoms. The van der Waals surface area contributed by atoms with E-state index in [2.05, 4.69) is 15.6 Å². The summed E-state index contributed by atoms with van der Waals surface area (Å²) in [4.78, 5) is 36.3. The van der Waals surface area contributed by atoms with Crippen molar-refractivity contribution < 1.29 is 24.6 Å². The summed E-state index contributed by atoms with van der Waals surface area (Å²) in [6, 6.07) is -1.98. The smallest absolute Gasteiger partial charge is 0.326 e. The summed E-state index contributed by atoms with van der Waals surface area (Å²) in [7, 11) is 0. The first kappa shape index (κ1) is 13.9. The van der Waals surface area contributed by atoms with Gasteiger partial charge < -0.3 is 15.5 Å². The maximum absolute atomic E-state index is 11.4. The molecule has 98 valence electrons. The molecule has 1 atom stereocenters. The number of carbonyl (C=O) groups is 3. The van der Waals surface area contributed by atoms with Crippen LogP contribution in [-0.4, -0.2) is 39.2 Å². The highest BCUT2D eigenvalue weighted by Crippen LogP contribution is 2.10. The Hall–Kier alpha value is -2.16. The topological polar surface area (TPSA) is 129 Å². The number of urea groups is 1. The number of hydrogen-bond acceptors (Lipinski definition) is 5. The molecule has 0 radical (unpaired) electrons. The Morgan fingerprint density at radius 3 is 2.61 bits per heavy atom. The van der Waals surface area contributed by atoms with Gasteiger partial charge in [-0.3, -0.25) is 10.1 Å². The maximum Gasteiger partial charge on any atom is 0.326 e. The van der Waals surface area contributed by atoms with Crippen LogP contribution in [0.4, 0.5) is 9.93 Å². The molecular formula is C9H11N3O5S. The fourth-order valence-corrected chi connectivity index (χ4v) is 1.63. The standard InChI is InChI=1S/C9H11N3O5S/c13-6(14)2-1-5(7(15)16)11-8(17)12-9-10-3-4-18-9/h3-5H,1-2H2,(H,13,14)(H,15,16)(H2,10,11,12,17). The zero-order valence-electron chi connectivity index (χ0n) is 9.12. The first-order valence-corrected chi connectivity index (χ1v) is 5.78. The van der Waals surface area contributed by atoms with Crippen LogP contribution in [0.5, 0.6) is 0 Å². The van der Waals surface area contributed by atoms with Gasteiger partial charge in [-0.2, -0.15) is 0 Å². The number of anilines is 1. The van der Waals surface area contributed by atoms with Crippen molar-refractivity contribution in [1.29, 1.82) is 0 Å². The molecule has 4 N–H and O–H groups in total.